The Morgan fingerprint density at radius 2 is 1.81 bits per heavy atom. The van der Waals surface area contributed by atoms with Crippen LogP contribution >= 0.6 is 11.6 Å². The third kappa shape index (κ3) is 6.37. The molecule has 0 spiro atoms. The maximum atomic E-state index is 12.9. The number of piperidine rings is 1. The molecule has 0 bridgehead atoms. The van der Waals surface area contributed by atoms with Crippen molar-refractivity contribution in [3.8, 4) is 5.75 Å². The van der Waals surface area contributed by atoms with Crippen molar-refractivity contribution in [3.05, 3.63) is 53.1 Å². The Morgan fingerprint density at radius 1 is 1.12 bits per heavy atom. The van der Waals surface area contributed by atoms with Crippen molar-refractivity contribution >= 4 is 33.2 Å². The zero-order chi connectivity index (χ0) is 23.1. The minimum Gasteiger partial charge on any atom is -0.494 e. The van der Waals surface area contributed by atoms with Crippen molar-refractivity contribution in [1.82, 2.24) is 10.2 Å². The summed E-state index contributed by atoms with van der Waals surface area (Å²) in [7, 11) is -3.98. The Balaban J connectivity index is 1.69. The molecule has 1 aliphatic rings. The summed E-state index contributed by atoms with van der Waals surface area (Å²) in [6.45, 7) is 7.52. The standard InChI is InChI=1S/C23H30ClN3O4S/c1-3-13-27-14-11-18(12-15-27)25-23(28)17-5-10-21(24)22(16-17)32(29,30)26-19-6-8-20(9-7-19)31-4-2/h5-10,16,18,26H,3-4,11-15H2,1-2H3,(H,25,28). The smallest absolute Gasteiger partial charge is 0.263 e. The summed E-state index contributed by atoms with van der Waals surface area (Å²) in [5.74, 6) is 0.348. The van der Waals surface area contributed by atoms with Gasteiger partial charge in [0, 0.05) is 30.4 Å². The molecule has 0 unspecified atom stereocenters. The molecule has 1 aliphatic heterocycles. The van der Waals surface area contributed by atoms with Gasteiger partial charge < -0.3 is 15.0 Å². The second kappa shape index (κ2) is 11.0. The molecule has 32 heavy (non-hydrogen) atoms. The molecule has 0 aromatic heterocycles. The van der Waals surface area contributed by atoms with Gasteiger partial charge in [0.25, 0.3) is 15.9 Å². The van der Waals surface area contributed by atoms with Crippen LogP contribution in [-0.4, -0.2) is 51.5 Å². The molecular formula is C23H30ClN3O4S. The highest BCUT2D eigenvalue weighted by Gasteiger charge is 2.23. The lowest BCUT2D eigenvalue weighted by atomic mass is 10.0. The maximum Gasteiger partial charge on any atom is 0.263 e. The second-order valence-corrected chi connectivity index (χ2v) is 9.86. The first-order valence-corrected chi connectivity index (χ1v) is 12.8. The molecular weight excluding hydrogens is 450 g/mol. The van der Waals surface area contributed by atoms with Gasteiger partial charge in [-0.05, 0) is 75.2 Å². The predicted octanol–water partition coefficient (Wildman–Crippen LogP) is 4.14. The van der Waals surface area contributed by atoms with Crippen molar-refractivity contribution in [3.63, 3.8) is 0 Å². The third-order valence-corrected chi connectivity index (χ3v) is 7.23. The van der Waals surface area contributed by atoms with Crippen LogP contribution in [0.5, 0.6) is 5.75 Å². The number of nitrogens with one attached hydrogen (secondary N) is 2. The summed E-state index contributed by atoms with van der Waals surface area (Å²) in [5, 5.41) is 3.07. The maximum absolute atomic E-state index is 12.9. The van der Waals surface area contributed by atoms with E-state index in [9.17, 15) is 13.2 Å². The average molecular weight is 480 g/mol. The van der Waals surface area contributed by atoms with Crippen LogP contribution in [0, 0.1) is 0 Å². The lowest BCUT2D eigenvalue weighted by Gasteiger charge is -2.32. The Morgan fingerprint density at radius 3 is 2.44 bits per heavy atom. The Bertz CT molecular complexity index is 1020. The first kappa shape index (κ1) is 24.4. The van der Waals surface area contributed by atoms with Crippen LogP contribution in [0.25, 0.3) is 0 Å². The topological polar surface area (TPSA) is 87.7 Å². The number of carbonyl (C=O) groups excluding carboxylic acids is 1. The normalized spacial score (nSPS) is 15.3. The van der Waals surface area contributed by atoms with Gasteiger partial charge >= 0.3 is 0 Å². The molecule has 2 N–H and O–H groups in total. The van der Waals surface area contributed by atoms with Crippen LogP contribution < -0.4 is 14.8 Å². The lowest BCUT2D eigenvalue weighted by Crippen LogP contribution is -2.44. The number of carbonyl (C=O) groups is 1. The van der Waals surface area contributed by atoms with Crippen LogP contribution in [0.1, 0.15) is 43.5 Å². The van der Waals surface area contributed by atoms with E-state index in [-0.39, 0.29) is 27.4 Å². The highest BCUT2D eigenvalue weighted by atomic mass is 35.5. The number of benzene rings is 2. The van der Waals surface area contributed by atoms with Crippen LogP contribution in [0.2, 0.25) is 5.02 Å². The zero-order valence-corrected chi connectivity index (χ0v) is 20.0. The van der Waals surface area contributed by atoms with Gasteiger partial charge in [-0.15, -0.1) is 0 Å². The van der Waals surface area contributed by atoms with Gasteiger partial charge in [-0.3, -0.25) is 9.52 Å². The molecule has 1 fully saturated rings. The number of hydrogen-bond acceptors (Lipinski definition) is 5. The number of hydrogen-bond donors (Lipinski definition) is 2. The molecule has 1 heterocycles. The van der Waals surface area contributed by atoms with E-state index in [2.05, 4.69) is 21.9 Å². The molecule has 1 amide bonds. The van der Waals surface area contributed by atoms with Crippen molar-refractivity contribution < 1.29 is 17.9 Å². The SMILES string of the molecule is CCCN1CCC(NC(=O)c2ccc(Cl)c(S(=O)(=O)Nc3ccc(OCC)cc3)c2)CC1. The second-order valence-electron chi connectivity index (χ2n) is 7.80. The molecule has 9 heteroatoms. The molecule has 0 atom stereocenters. The van der Waals surface area contributed by atoms with Crippen LogP contribution in [0.15, 0.2) is 47.4 Å². The minimum atomic E-state index is -3.98. The van der Waals surface area contributed by atoms with Gasteiger partial charge in [-0.2, -0.15) is 0 Å². The van der Waals surface area contributed by atoms with E-state index in [4.69, 9.17) is 16.3 Å². The fourth-order valence-corrected chi connectivity index (χ4v) is 5.32. The molecule has 0 saturated carbocycles. The molecule has 0 aliphatic carbocycles. The Labute approximate surface area is 195 Å². The number of halogens is 1. The van der Waals surface area contributed by atoms with Crippen molar-refractivity contribution in [2.45, 2.75) is 44.0 Å². The molecule has 0 radical (unpaired) electrons. The summed E-state index contributed by atoms with van der Waals surface area (Å²) in [5.41, 5.74) is 0.635. The highest BCUT2D eigenvalue weighted by molar-refractivity contribution is 7.92. The van der Waals surface area contributed by atoms with E-state index in [1.165, 1.54) is 12.1 Å². The summed E-state index contributed by atoms with van der Waals surface area (Å²) in [4.78, 5) is 15.0. The quantitative estimate of drug-likeness (QED) is 0.564. The first-order chi connectivity index (χ1) is 15.3. The minimum absolute atomic E-state index is 0.0489. The number of amides is 1. The van der Waals surface area contributed by atoms with Crippen molar-refractivity contribution in [2.75, 3.05) is 31.0 Å². The average Bonchev–Trinajstić information content (AvgIpc) is 2.77. The summed E-state index contributed by atoms with van der Waals surface area (Å²) in [6.07, 6.45) is 2.87. The van der Waals surface area contributed by atoms with E-state index in [1.807, 2.05) is 6.92 Å². The van der Waals surface area contributed by atoms with Gasteiger partial charge in [0.15, 0.2) is 0 Å². The monoisotopic (exact) mass is 479 g/mol. The summed E-state index contributed by atoms with van der Waals surface area (Å²) >= 11 is 6.18. The van der Waals surface area contributed by atoms with Gasteiger partial charge in [0.2, 0.25) is 0 Å². The van der Waals surface area contributed by atoms with E-state index in [0.29, 0.717) is 18.0 Å². The number of likely N-dealkylation sites (tertiary alicyclic amines) is 1. The summed E-state index contributed by atoms with van der Waals surface area (Å²) < 4.78 is 33.7. The molecule has 7 nitrogen and oxygen atoms in total. The molecule has 1 saturated heterocycles. The van der Waals surface area contributed by atoms with Crippen molar-refractivity contribution in [1.29, 1.82) is 0 Å². The fraction of sp³-hybridized carbons (Fsp3) is 0.435. The molecule has 3 rings (SSSR count). The van der Waals surface area contributed by atoms with E-state index in [1.54, 1.807) is 30.3 Å². The first-order valence-electron chi connectivity index (χ1n) is 10.9. The molecule has 174 valence electrons. The van der Waals surface area contributed by atoms with Crippen LogP contribution in [-0.2, 0) is 10.0 Å². The van der Waals surface area contributed by atoms with Gasteiger partial charge in [-0.1, -0.05) is 18.5 Å². The van der Waals surface area contributed by atoms with E-state index < -0.39 is 10.0 Å². The number of rotatable bonds is 9. The fourth-order valence-electron chi connectivity index (χ4n) is 3.73. The number of sulfonamides is 1. The lowest BCUT2D eigenvalue weighted by molar-refractivity contribution is 0.0911. The number of nitrogens with zero attached hydrogens (tertiary/aromatic N) is 1. The number of anilines is 1. The van der Waals surface area contributed by atoms with E-state index >= 15 is 0 Å². The van der Waals surface area contributed by atoms with E-state index in [0.717, 1.165) is 38.9 Å². The largest absolute Gasteiger partial charge is 0.494 e. The summed E-state index contributed by atoms with van der Waals surface area (Å²) in [6, 6.07) is 11.0. The Hall–Kier alpha value is -2.29. The molecule has 2 aromatic rings. The zero-order valence-electron chi connectivity index (χ0n) is 18.4. The molecule has 2 aromatic carbocycles. The highest BCUT2D eigenvalue weighted by Crippen LogP contribution is 2.26. The van der Waals surface area contributed by atoms with Crippen molar-refractivity contribution in [2.24, 2.45) is 0 Å². The van der Waals surface area contributed by atoms with Gasteiger partial charge in [-0.25, -0.2) is 8.42 Å². The Kier molecular flexibility index (Phi) is 8.39. The predicted molar refractivity (Wildman–Crippen MR) is 127 cm³/mol. The van der Waals surface area contributed by atoms with Crippen LogP contribution in [0.3, 0.4) is 0 Å². The van der Waals surface area contributed by atoms with Crippen LogP contribution in [0.4, 0.5) is 5.69 Å². The number of ether oxygens (including phenoxy) is 1. The third-order valence-electron chi connectivity index (χ3n) is 5.36. The van der Waals surface area contributed by atoms with Gasteiger partial charge in [0.1, 0.15) is 10.6 Å². The van der Waals surface area contributed by atoms with Gasteiger partial charge in [0.05, 0.1) is 11.6 Å².